The minimum absolute atomic E-state index is 0.230. The monoisotopic (exact) mass is 294 g/mol. The van der Waals surface area contributed by atoms with E-state index in [2.05, 4.69) is 16.0 Å². The molecule has 1 aliphatic heterocycles. The summed E-state index contributed by atoms with van der Waals surface area (Å²) in [4.78, 5) is 24.9. The highest BCUT2D eigenvalue weighted by molar-refractivity contribution is 5.96. The van der Waals surface area contributed by atoms with Crippen molar-refractivity contribution < 1.29 is 14.0 Å². The third-order valence-electron chi connectivity index (χ3n) is 3.25. The molecule has 1 saturated heterocycles. The molecule has 1 aromatic carbocycles. The summed E-state index contributed by atoms with van der Waals surface area (Å²) >= 11 is 0. The SMILES string of the molecule is CC(C)N1C(=O)NC(N[C@@H](C)c2cccc(F)c2)NC1=O. The van der Waals surface area contributed by atoms with E-state index in [0.717, 1.165) is 10.5 Å². The number of benzene rings is 1. The first-order valence-corrected chi connectivity index (χ1v) is 6.80. The van der Waals surface area contributed by atoms with Gasteiger partial charge in [0.05, 0.1) is 0 Å². The molecule has 4 amide bonds. The van der Waals surface area contributed by atoms with Gasteiger partial charge in [0.2, 0.25) is 0 Å². The molecule has 0 radical (unpaired) electrons. The van der Waals surface area contributed by atoms with Crippen LogP contribution in [0.1, 0.15) is 32.4 Å². The number of nitrogens with zero attached hydrogens (tertiary/aromatic N) is 1. The zero-order valence-corrected chi connectivity index (χ0v) is 12.2. The Bertz CT molecular complexity index is 532. The highest BCUT2D eigenvalue weighted by Gasteiger charge is 2.33. The fourth-order valence-electron chi connectivity index (χ4n) is 2.19. The van der Waals surface area contributed by atoms with E-state index in [1.807, 2.05) is 6.92 Å². The second-order valence-corrected chi connectivity index (χ2v) is 5.24. The van der Waals surface area contributed by atoms with E-state index in [-0.39, 0.29) is 17.9 Å². The number of hydrogen-bond acceptors (Lipinski definition) is 3. The molecule has 1 aliphatic rings. The summed E-state index contributed by atoms with van der Waals surface area (Å²) in [5.74, 6) is -0.330. The molecule has 0 unspecified atom stereocenters. The lowest BCUT2D eigenvalue weighted by Gasteiger charge is -2.36. The van der Waals surface area contributed by atoms with Crippen molar-refractivity contribution in [1.82, 2.24) is 20.9 Å². The van der Waals surface area contributed by atoms with E-state index in [1.54, 1.807) is 26.0 Å². The fourth-order valence-corrected chi connectivity index (χ4v) is 2.19. The van der Waals surface area contributed by atoms with Crippen molar-refractivity contribution in [2.45, 2.75) is 39.1 Å². The van der Waals surface area contributed by atoms with E-state index in [1.165, 1.54) is 12.1 Å². The Labute approximate surface area is 122 Å². The number of rotatable bonds is 4. The van der Waals surface area contributed by atoms with Crippen molar-refractivity contribution in [3.8, 4) is 0 Å². The first-order chi connectivity index (χ1) is 9.88. The third kappa shape index (κ3) is 3.49. The van der Waals surface area contributed by atoms with Gasteiger partial charge in [-0.05, 0) is 38.5 Å². The molecular formula is C14H19FN4O2. The Balaban J connectivity index is 2.01. The van der Waals surface area contributed by atoms with Crippen LogP contribution in [0.5, 0.6) is 0 Å². The van der Waals surface area contributed by atoms with Crippen molar-refractivity contribution in [3.63, 3.8) is 0 Å². The molecule has 3 N–H and O–H groups in total. The summed E-state index contributed by atoms with van der Waals surface area (Å²) < 4.78 is 13.2. The van der Waals surface area contributed by atoms with Gasteiger partial charge in [-0.2, -0.15) is 0 Å². The van der Waals surface area contributed by atoms with Crippen LogP contribution in [0.2, 0.25) is 0 Å². The topological polar surface area (TPSA) is 73.5 Å². The van der Waals surface area contributed by atoms with Gasteiger partial charge in [0.25, 0.3) is 0 Å². The van der Waals surface area contributed by atoms with E-state index in [0.29, 0.717) is 0 Å². The zero-order valence-electron chi connectivity index (χ0n) is 12.2. The number of amides is 4. The standard InChI is InChI=1S/C14H19FN4O2/c1-8(2)19-13(20)17-12(18-14(19)21)16-9(3)10-5-4-6-11(15)7-10/h4-9,12,16H,1-3H3,(H,17,20)(H,18,21)/t9-/m0/s1. The Morgan fingerprint density at radius 1 is 1.19 bits per heavy atom. The van der Waals surface area contributed by atoms with E-state index in [4.69, 9.17) is 0 Å². The minimum atomic E-state index is -0.696. The van der Waals surface area contributed by atoms with Crippen LogP contribution in [0.4, 0.5) is 14.0 Å². The summed E-state index contributed by atoms with van der Waals surface area (Å²) in [7, 11) is 0. The van der Waals surface area contributed by atoms with Crippen molar-refractivity contribution in [3.05, 3.63) is 35.6 Å². The first-order valence-electron chi connectivity index (χ1n) is 6.80. The second kappa shape index (κ2) is 6.09. The number of carbonyl (C=O) groups excluding carboxylic acids is 2. The smallest absolute Gasteiger partial charge is 0.304 e. The molecule has 1 aromatic rings. The summed E-state index contributed by atoms with van der Waals surface area (Å²) in [6.07, 6.45) is -0.696. The zero-order chi connectivity index (χ0) is 15.6. The van der Waals surface area contributed by atoms with Crippen LogP contribution >= 0.6 is 0 Å². The molecule has 114 valence electrons. The molecule has 6 nitrogen and oxygen atoms in total. The molecule has 2 rings (SSSR count). The van der Waals surface area contributed by atoms with Gasteiger partial charge in [-0.15, -0.1) is 0 Å². The maximum absolute atomic E-state index is 13.2. The number of imide groups is 1. The van der Waals surface area contributed by atoms with Crippen LogP contribution in [0, 0.1) is 5.82 Å². The Morgan fingerprint density at radius 2 is 1.81 bits per heavy atom. The molecule has 1 fully saturated rings. The summed E-state index contributed by atoms with van der Waals surface area (Å²) in [6, 6.07) is 4.76. The van der Waals surface area contributed by atoms with Gasteiger partial charge < -0.3 is 10.6 Å². The van der Waals surface area contributed by atoms with Gasteiger partial charge in [0.15, 0.2) is 6.29 Å². The maximum Gasteiger partial charge on any atom is 0.328 e. The van der Waals surface area contributed by atoms with Gasteiger partial charge in [-0.25, -0.2) is 18.9 Å². The van der Waals surface area contributed by atoms with Crippen LogP contribution in [-0.4, -0.2) is 29.3 Å². The van der Waals surface area contributed by atoms with Crippen molar-refractivity contribution in [2.75, 3.05) is 0 Å². The van der Waals surface area contributed by atoms with Crippen LogP contribution in [0.25, 0.3) is 0 Å². The molecule has 7 heteroatoms. The van der Waals surface area contributed by atoms with Crippen LogP contribution < -0.4 is 16.0 Å². The first kappa shape index (κ1) is 15.2. The van der Waals surface area contributed by atoms with Gasteiger partial charge >= 0.3 is 12.1 Å². The lowest BCUT2D eigenvalue weighted by atomic mass is 10.1. The van der Waals surface area contributed by atoms with E-state index >= 15 is 0 Å². The second-order valence-electron chi connectivity index (χ2n) is 5.24. The quantitative estimate of drug-likeness (QED) is 0.794. The van der Waals surface area contributed by atoms with E-state index in [9.17, 15) is 14.0 Å². The number of halogens is 1. The molecule has 0 aromatic heterocycles. The van der Waals surface area contributed by atoms with Crippen molar-refractivity contribution >= 4 is 12.1 Å². The largest absolute Gasteiger partial charge is 0.328 e. The van der Waals surface area contributed by atoms with Gasteiger partial charge in [-0.1, -0.05) is 12.1 Å². The van der Waals surface area contributed by atoms with Gasteiger partial charge in [0.1, 0.15) is 5.82 Å². The van der Waals surface area contributed by atoms with Gasteiger partial charge in [0, 0.05) is 12.1 Å². The molecule has 0 spiro atoms. The molecule has 0 aliphatic carbocycles. The van der Waals surface area contributed by atoms with Crippen molar-refractivity contribution in [1.29, 1.82) is 0 Å². The van der Waals surface area contributed by atoms with Crippen molar-refractivity contribution in [2.24, 2.45) is 0 Å². The summed E-state index contributed by atoms with van der Waals surface area (Å²) in [6.45, 7) is 5.33. The highest BCUT2D eigenvalue weighted by Crippen LogP contribution is 2.14. The predicted molar refractivity (Wildman–Crippen MR) is 75.8 cm³/mol. The highest BCUT2D eigenvalue weighted by atomic mass is 19.1. The molecular weight excluding hydrogens is 275 g/mol. The number of urea groups is 2. The summed E-state index contributed by atoms with van der Waals surface area (Å²) in [5.41, 5.74) is 0.727. The molecule has 0 saturated carbocycles. The Kier molecular flexibility index (Phi) is 4.42. The average Bonchev–Trinajstić information content (AvgIpc) is 2.37. The van der Waals surface area contributed by atoms with Gasteiger partial charge in [-0.3, -0.25) is 5.32 Å². The normalized spacial score (nSPS) is 17.7. The molecule has 21 heavy (non-hydrogen) atoms. The third-order valence-corrected chi connectivity index (χ3v) is 3.25. The summed E-state index contributed by atoms with van der Waals surface area (Å²) in [5, 5.41) is 8.31. The molecule has 1 heterocycles. The average molecular weight is 294 g/mol. The molecule has 1 atom stereocenters. The predicted octanol–water partition coefficient (Wildman–Crippen LogP) is 1.90. The van der Waals surface area contributed by atoms with Crippen LogP contribution in [-0.2, 0) is 0 Å². The molecule has 0 bridgehead atoms. The Hall–Kier alpha value is -2.15. The van der Waals surface area contributed by atoms with Crippen LogP contribution in [0.15, 0.2) is 24.3 Å². The minimum Gasteiger partial charge on any atom is -0.304 e. The Morgan fingerprint density at radius 3 is 2.33 bits per heavy atom. The number of carbonyl (C=O) groups is 2. The lowest BCUT2D eigenvalue weighted by molar-refractivity contribution is 0.146. The number of nitrogens with one attached hydrogen (secondary N) is 3. The number of hydrogen-bond donors (Lipinski definition) is 3. The fraction of sp³-hybridized carbons (Fsp3) is 0.429. The lowest BCUT2D eigenvalue weighted by Crippen LogP contribution is -2.69. The maximum atomic E-state index is 13.2. The van der Waals surface area contributed by atoms with E-state index < -0.39 is 18.4 Å². The van der Waals surface area contributed by atoms with Crippen LogP contribution in [0.3, 0.4) is 0 Å².